The fraction of sp³-hybridized carbons (Fsp3) is 0.0526. The van der Waals surface area contributed by atoms with Crippen molar-refractivity contribution in [1.82, 2.24) is 10.4 Å². The van der Waals surface area contributed by atoms with E-state index in [2.05, 4.69) is 22.0 Å². The largest absolute Gasteiger partial charge is 0.383 e. The van der Waals surface area contributed by atoms with Gasteiger partial charge in [0.05, 0.1) is 10.6 Å². The summed E-state index contributed by atoms with van der Waals surface area (Å²) in [5, 5.41) is 10.8. The molecule has 8 heteroatoms. The van der Waals surface area contributed by atoms with Crippen molar-refractivity contribution in [3.63, 3.8) is 0 Å². The van der Waals surface area contributed by atoms with Gasteiger partial charge in [-0.1, -0.05) is 6.58 Å². The van der Waals surface area contributed by atoms with Gasteiger partial charge < -0.3 is 10.5 Å². The Balaban J connectivity index is 2.12. The van der Waals surface area contributed by atoms with E-state index in [-0.39, 0.29) is 5.56 Å². The average molecular weight is 386 g/mol. The van der Waals surface area contributed by atoms with Gasteiger partial charge in [-0.3, -0.25) is 4.98 Å². The van der Waals surface area contributed by atoms with Gasteiger partial charge in [-0.2, -0.15) is 0 Å². The third kappa shape index (κ3) is 4.08. The number of halogens is 2. The van der Waals surface area contributed by atoms with E-state index in [4.69, 9.17) is 5.84 Å². The topological polar surface area (TPSA) is 83.5 Å². The molecule has 1 atom stereocenters. The van der Waals surface area contributed by atoms with Gasteiger partial charge >= 0.3 is 0 Å². The second-order valence-electron chi connectivity index (χ2n) is 5.57. The van der Waals surface area contributed by atoms with Crippen molar-refractivity contribution < 1.29 is 13.9 Å². The van der Waals surface area contributed by atoms with E-state index in [9.17, 15) is 13.9 Å². The van der Waals surface area contributed by atoms with Crippen LogP contribution in [0, 0.1) is 11.6 Å². The molecule has 3 rings (SSSR count). The molecule has 0 bridgehead atoms. The van der Waals surface area contributed by atoms with Gasteiger partial charge in [-0.05, 0) is 42.0 Å². The summed E-state index contributed by atoms with van der Waals surface area (Å²) in [6.07, 6.45) is 3.14. The Kier molecular flexibility index (Phi) is 5.70. The van der Waals surface area contributed by atoms with Gasteiger partial charge in [0.25, 0.3) is 0 Å². The van der Waals surface area contributed by atoms with Crippen molar-refractivity contribution in [3.8, 4) is 10.4 Å². The van der Waals surface area contributed by atoms with Crippen molar-refractivity contribution >= 4 is 23.4 Å². The Morgan fingerprint density at radius 1 is 1.22 bits per heavy atom. The number of nitrogens with two attached hydrogens (primary N) is 1. The summed E-state index contributed by atoms with van der Waals surface area (Å²) >= 11 is 1.32. The van der Waals surface area contributed by atoms with Crippen LogP contribution in [-0.2, 0) is 0 Å². The van der Waals surface area contributed by atoms with Crippen LogP contribution in [0.15, 0.2) is 60.4 Å². The molecule has 4 N–H and O–H groups in total. The third-order valence-corrected chi connectivity index (χ3v) is 5.08. The number of thiophene rings is 1. The molecule has 5 nitrogen and oxygen atoms in total. The van der Waals surface area contributed by atoms with Gasteiger partial charge in [0, 0.05) is 28.4 Å². The molecule has 0 fully saturated rings. The minimum Gasteiger partial charge on any atom is -0.383 e. The van der Waals surface area contributed by atoms with Crippen LogP contribution in [0.2, 0.25) is 0 Å². The first-order valence-corrected chi connectivity index (χ1v) is 8.68. The van der Waals surface area contributed by atoms with E-state index in [1.54, 1.807) is 18.5 Å². The predicted octanol–water partition coefficient (Wildman–Crippen LogP) is 3.63. The Bertz CT molecular complexity index is 989. The predicted molar refractivity (Wildman–Crippen MR) is 103 cm³/mol. The summed E-state index contributed by atoms with van der Waals surface area (Å²) in [5.74, 6) is 3.85. The molecule has 0 aliphatic carbocycles. The highest BCUT2D eigenvalue weighted by atomic mass is 32.1. The van der Waals surface area contributed by atoms with E-state index in [1.807, 2.05) is 12.1 Å². The number of hydrazine groups is 1. The molecule has 1 unspecified atom stereocenters. The molecule has 27 heavy (non-hydrogen) atoms. The number of aliphatic hydroxyl groups is 1. The summed E-state index contributed by atoms with van der Waals surface area (Å²) in [4.78, 5) is 9.37. The summed E-state index contributed by atoms with van der Waals surface area (Å²) in [6, 6.07) is 8.28. The summed E-state index contributed by atoms with van der Waals surface area (Å²) in [7, 11) is 0. The number of pyridine rings is 1. The highest BCUT2D eigenvalue weighted by molar-refractivity contribution is 7.16. The second-order valence-corrected chi connectivity index (χ2v) is 6.62. The molecule has 0 aliphatic heterocycles. The molecule has 0 aliphatic rings. The molecule has 3 aromatic rings. The smallest absolute Gasteiger partial charge is 0.129 e. The number of aromatic nitrogens is 1. The van der Waals surface area contributed by atoms with Gasteiger partial charge in [0.15, 0.2) is 0 Å². The molecule has 0 amide bonds. The maximum absolute atomic E-state index is 14.2. The lowest BCUT2D eigenvalue weighted by Crippen LogP contribution is -2.18. The molecule has 138 valence electrons. The van der Waals surface area contributed by atoms with Gasteiger partial charge in [-0.25, -0.2) is 19.6 Å². The van der Waals surface area contributed by atoms with E-state index < -0.39 is 17.7 Å². The van der Waals surface area contributed by atoms with Crippen molar-refractivity contribution in [3.05, 3.63) is 83.0 Å². The molecule has 2 heterocycles. The van der Waals surface area contributed by atoms with Gasteiger partial charge in [-0.15, -0.1) is 11.3 Å². The van der Waals surface area contributed by atoms with Crippen LogP contribution in [0.4, 0.5) is 8.78 Å². The zero-order chi connectivity index (χ0) is 19.4. The quantitative estimate of drug-likeness (QED) is 0.261. The van der Waals surface area contributed by atoms with Crippen molar-refractivity contribution in [2.75, 3.05) is 0 Å². The lowest BCUT2D eigenvalue weighted by Gasteiger charge is -2.13. The summed E-state index contributed by atoms with van der Waals surface area (Å²) < 4.78 is 27.7. The van der Waals surface area contributed by atoms with Crippen molar-refractivity contribution in [2.24, 2.45) is 10.8 Å². The summed E-state index contributed by atoms with van der Waals surface area (Å²) in [5.41, 5.74) is 3.67. The lowest BCUT2D eigenvalue weighted by molar-refractivity contribution is 0.214. The fourth-order valence-corrected chi connectivity index (χ4v) is 3.68. The van der Waals surface area contributed by atoms with Crippen LogP contribution in [0.1, 0.15) is 22.1 Å². The Morgan fingerprint density at radius 3 is 2.67 bits per heavy atom. The maximum Gasteiger partial charge on any atom is 0.129 e. The number of benzene rings is 1. The van der Waals surface area contributed by atoms with Crippen LogP contribution in [0.3, 0.4) is 0 Å². The van der Waals surface area contributed by atoms with Crippen molar-refractivity contribution in [2.45, 2.75) is 6.10 Å². The lowest BCUT2D eigenvalue weighted by atomic mass is 9.99. The number of nitrogens with zero attached hydrogens (tertiary/aromatic N) is 2. The SMILES string of the molecule is C=C(N=CNN)c1sc(-c2ccncc2)cc1C(O)c1cc(F)ccc1F. The molecule has 0 saturated heterocycles. The Hall–Kier alpha value is -2.94. The number of hydrogen-bond acceptors (Lipinski definition) is 5. The van der Waals surface area contributed by atoms with Gasteiger partial charge in [0.1, 0.15) is 24.1 Å². The van der Waals surface area contributed by atoms with Crippen LogP contribution < -0.4 is 11.3 Å². The Morgan fingerprint density at radius 2 is 1.96 bits per heavy atom. The van der Waals surface area contributed by atoms with Crippen molar-refractivity contribution in [1.29, 1.82) is 0 Å². The van der Waals surface area contributed by atoms with E-state index in [0.717, 1.165) is 28.6 Å². The minimum absolute atomic E-state index is 0.163. The molecule has 0 spiro atoms. The van der Waals surface area contributed by atoms with E-state index in [0.29, 0.717) is 16.1 Å². The Labute approximate surface area is 158 Å². The zero-order valence-electron chi connectivity index (χ0n) is 14.1. The molecular weight excluding hydrogens is 370 g/mol. The number of nitrogens with one attached hydrogen (secondary N) is 1. The van der Waals surface area contributed by atoms with Gasteiger partial charge in [0.2, 0.25) is 0 Å². The van der Waals surface area contributed by atoms with Crippen LogP contribution in [-0.4, -0.2) is 16.4 Å². The second kappa shape index (κ2) is 8.17. The third-order valence-electron chi connectivity index (χ3n) is 3.83. The molecule has 1 aromatic carbocycles. The normalized spacial score (nSPS) is 12.3. The van der Waals surface area contributed by atoms with Crippen LogP contribution in [0.5, 0.6) is 0 Å². The first-order valence-electron chi connectivity index (χ1n) is 7.86. The molecular formula is C19H16F2N4OS. The molecule has 0 saturated carbocycles. The first-order chi connectivity index (χ1) is 13.0. The minimum atomic E-state index is -1.39. The van der Waals surface area contributed by atoms with E-state index in [1.165, 1.54) is 17.7 Å². The number of aliphatic imine (C=N–C) groups is 1. The molecule has 2 aromatic heterocycles. The maximum atomic E-state index is 14.2. The monoisotopic (exact) mass is 386 g/mol. The number of rotatable bonds is 6. The molecule has 0 radical (unpaired) electrons. The standard InChI is InChI=1S/C19H16F2N4OS/c1-11(24-10-25-22)19-15(9-17(27-19)12-4-6-23-7-5-12)18(26)14-8-13(20)2-3-16(14)21/h2-10,18,26H,1,22H2,(H,24,25). The first kappa shape index (κ1) is 18.8. The fourth-order valence-electron chi connectivity index (χ4n) is 2.56. The highest BCUT2D eigenvalue weighted by Crippen LogP contribution is 2.40. The summed E-state index contributed by atoms with van der Waals surface area (Å²) in [6.45, 7) is 3.87. The average Bonchev–Trinajstić information content (AvgIpc) is 3.13. The van der Waals surface area contributed by atoms with Crippen LogP contribution >= 0.6 is 11.3 Å². The number of aliphatic hydroxyl groups excluding tert-OH is 1. The van der Waals surface area contributed by atoms with E-state index >= 15 is 0 Å². The number of hydrogen-bond donors (Lipinski definition) is 3. The van der Waals surface area contributed by atoms with Crippen LogP contribution in [0.25, 0.3) is 16.1 Å². The highest BCUT2D eigenvalue weighted by Gasteiger charge is 2.23. The zero-order valence-corrected chi connectivity index (χ0v) is 14.9.